The molecule has 10 heteroatoms. The Kier molecular flexibility index (Phi) is 7.36. The van der Waals surface area contributed by atoms with E-state index in [0.29, 0.717) is 42.2 Å². The van der Waals surface area contributed by atoms with Crippen molar-refractivity contribution in [1.82, 2.24) is 30.0 Å². The topological polar surface area (TPSA) is 133 Å². The van der Waals surface area contributed by atoms with E-state index in [2.05, 4.69) is 20.3 Å². The van der Waals surface area contributed by atoms with E-state index in [4.69, 9.17) is 20.3 Å². The molecular formula is C29H33N7O3. The zero-order valence-corrected chi connectivity index (χ0v) is 22.4. The first-order valence-electron chi connectivity index (χ1n) is 13.0. The summed E-state index contributed by atoms with van der Waals surface area (Å²) in [6.07, 6.45) is 2.58. The number of fused-ring (bicyclic) bond motifs is 2. The van der Waals surface area contributed by atoms with Gasteiger partial charge in [0, 0.05) is 30.1 Å². The Hall–Kier alpha value is -4.60. The number of nitrogens with one attached hydrogen (secondary N) is 2. The van der Waals surface area contributed by atoms with Gasteiger partial charge in [-0.3, -0.25) is 0 Å². The maximum absolute atomic E-state index is 11.9. The lowest BCUT2D eigenvalue weighted by Crippen LogP contribution is -2.33. The van der Waals surface area contributed by atoms with Crippen LogP contribution in [0.25, 0.3) is 33.3 Å². The van der Waals surface area contributed by atoms with E-state index < -0.39 is 11.7 Å². The number of unbranched alkanes of at least 4 members (excludes halogenated alkanes) is 1. The number of carbonyl (C=O) groups is 1. The van der Waals surface area contributed by atoms with Gasteiger partial charge in [0.2, 0.25) is 0 Å². The Bertz CT molecular complexity index is 1590. The molecule has 0 saturated heterocycles. The molecular weight excluding hydrogens is 494 g/mol. The Labute approximate surface area is 226 Å². The van der Waals surface area contributed by atoms with Gasteiger partial charge in [-0.25, -0.2) is 19.4 Å². The fourth-order valence-corrected chi connectivity index (χ4v) is 4.33. The SMILES string of the molecule is CC(C)(C)OC(=O)NCCCCn1nc(-c2cc3ccc(OCc4ccccc4)cc3[nH]2)c2c(N)ncnc21. The van der Waals surface area contributed by atoms with Crippen LogP contribution in [-0.4, -0.2) is 43.0 Å². The van der Waals surface area contributed by atoms with Gasteiger partial charge >= 0.3 is 6.09 Å². The molecule has 39 heavy (non-hydrogen) atoms. The van der Waals surface area contributed by atoms with Gasteiger partial charge in [-0.15, -0.1) is 0 Å². The molecule has 3 aromatic heterocycles. The summed E-state index contributed by atoms with van der Waals surface area (Å²) >= 11 is 0. The summed E-state index contributed by atoms with van der Waals surface area (Å²) in [6.45, 7) is 7.14. The first-order chi connectivity index (χ1) is 18.8. The van der Waals surface area contributed by atoms with Crippen molar-refractivity contribution in [2.75, 3.05) is 12.3 Å². The van der Waals surface area contributed by atoms with Crippen LogP contribution in [0.5, 0.6) is 5.75 Å². The number of aromatic amines is 1. The smallest absolute Gasteiger partial charge is 0.407 e. The Balaban J connectivity index is 1.31. The van der Waals surface area contributed by atoms with Crippen molar-refractivity contribution in [3.05, 3.63) is 66.5 Å². The lowest BCUT2D eigenvalue weighted by atomic mass is 10.2. The van der Waals surface area contributed by atoms with E-state index in [-0.39, 0.29) is 0 Å². The van der Waals surface area contributed by atoms with Crippen LogP contribution in [0.2, 0.25) is 0 Å². The number of ether oxygens (including phenoxy) is 2. The third-order valence-electron chi connectivity index (χ3n) is 6.12. The molecule has 0 saturated carbocycles. The van der Waals surface area contributed by atoms with E-state index in [9.17, 15) is 4.79 Å². The van der Waals surface area contributed by atoms with Crippen molar-refractivity contribution >= 4 is 33.8 Å². The van der Waals surface area contributed by atoms with Crippen molar-refractivity contribution in [3.8, 4) is 17.1 Å². The van der Waals surface area contributed by atoms with Crippen LogP contribution in [0.1, 0.15) is 39.2 Å². The molecule has 5 rings (SSSR count). The summed E-state index contributed by atoms with van der Waals surface area (Å²) in [5.41, 5.74) is 9.99. The van der Waals surface area contributed by atoms with Gasteiger partial charge in [-0.2, -0.15) is 5.10 Å². The van der Waals surface area contributed by atoms with Crippen molar-refractivity contribution in [2.24, 2.45) is 0 Å². The first kappa shape index (κ1) is 26.0. The Morgan fingerprint density at radius 3 is 2.69 bits per heavy atom. The van der Waals surface area contributed by atoms with Gasteiger partial charge in [0.05, 0.1) is 11.1 Å². The van der Waals surface area contributed by atoms with Crippen LogP contribution in [0.4, 0.5) is 10.6 Å². The molecule has 0 aliphatic rings. The lowest BCUT2D eigenvalue weighted by Gasteiger charge is -2.19. The molecule has 1 amide bonds. The van der Waals surface area contributed by atoms with E-state index >= 15 is 0 Å². The molecule has 0 aliphatic heterocycles. The Morgan fingerprint density at radius 1 is 1.08 bits per heavy atom. The van der Waals surface area contributed by atoms with Crippen LogP contribution >= 0.6 is 0 Å². The number of nitrogen functional groups attached to an aromatic ring is 1. The molecule has 5 aromatic rings. The lowest BCUT2D eigenvalue weighted by molar-refractivity contribution is 0.0527. The third kappa shape index (κ3) is 6.28. The highest BCUT2D eigenvalue weighted by Gasteiger charge is 2.19. The highest BCUT2D eigenvalue weighted by molar-refractivity contribution is 5.99. The molecule has 202 valence electrons. The highest BCUT2D eigenvalue weighted by Crippen LogP contribution is 2.33. The summed E-state index contributed by atoms with van der Waals surface area (Å²) in [5.74, 6) is 1.15. The third-order valence-corrected chi connectivity index (χ3v) is 6.12. The zero-order valence-electron chi connectivity index (χ0n) is 22.4. The van der Waals surface area contributed by atoms with Crippen molar-refractivity contribution in [3.63, 3.8) is 0 Å². The number of rotatable bonds is 9. The van der Waals surface area contributed by atoms with Crippen molar-refractivity contribution in [2.45, 2.75) is 52.4 Å². The van der Waals surface area contributed by atoms with Crippen molar-refractivity contribution < 1.29 is 14.3 Å². The maximum atomic E-state index is 11.9. The molecule has 0 atom stereocenters. The molecule has 0 bridgehead atoms. The van der Waals surface area contributed by atoms with E-state index in [1.807, 2.05) is 80.1 Å². The average Bonchev–Trinajstić information content (AvgIpc) is 3.49. The minimum atomic E-state index is -0.520. The van der Waals surface area contributed by atoms with E-state index in [1.54, 1.807) is 0 Å². The number of hydrogen-bond acceptors (Lipinski definition) is 7. The van der Waals surface area contributed by atoms with Gasteiger partial charge in [0.25, 0.3) is 0 Å². The summed E-state index contributed by atoms with van der Waals surface area (Å²) in [7, 11) is 0. The molecule has 2 aromatic carbocycles. The summed E-state index contributed by atoms with van der Waals surface area (Å²) < 4.78 is 13.1. The quantitative estimate of drug-likeness (QED) is 0.217. The molecule has 0 fully saturated rings. The number of nitrogens with zero attached hydrogens (tertiary/aromatic N) is 4. The second-order valence-electron chi connectivity index (χ2n) is 10.4. The maximum Gasteiger partial charge on any atom is 0.407 e. The normalized spacial score (nSPS) is 11.7. The number of amides is 1. The first-order valence-corrected chi connectivity index (χ1v) is 13.0. The number of anilines is 1. The number of aryl methyl sites for hydroxylation is 1. The van der Waals surface area contributed by atoms with Gasteiger partial charge < -0.3 is 25.5 Å². The van der Waals surface area contributed by atoms with Gasteiger partial charge in [0.15, 0.2) is 5.65 Å². The number of hydrogen-bond donors (Lipinski definition) is 3. The van der Waals surface area contributed by atoms with Crippen LogP contribution in [0.3, 0.4) is 0 Å². The second-order valence-corrected chi connectivity index (χ2v) is 10.4. The molecule has 0 unspecified atom stereocenters. The van der Waals surface area contributed by atoms with Crippen LogP contribution in [0.15, 0.2) is 60.9 Å². The molecule has 0 spiro atoms. The predicted octanol–water partition coefficient (Wildman–Crippen LogP) is 5.44. The summed E-state index contributed by atoms with van der Waals surface area (Å²) in [5, 5.41) is 9.38. The predicted molar refractivity (Wildman–Crippen MR) is 151 cm³/mol. The van der Waals surface area contributed by atoms with Crippen LogP contribution in [-0.2, 0) is 17.9 Å². The minimum absolute atomic E-state index is 0.374. The van der Waals surface area contributed by atoms with Crippen LogP contribution in [0, 0.1) is 0 Å². The largest absolute Gasteiger partial charge is 0.489 e. The summed E-state index contributed by atoms with van der Waals surface area (Å²) in [6, 6.07) is 18.1. The zero-order chi connectivity index (χ0) is 27.4. The molecule has 10 nitrogen and oxygen atoms in total. The van der Waals surface area contributed by atoms with E-state index in [0.717, 1.165) is 40.8 Å². The molecule has 3 heterocycles. The fraction of sp³-hybridized carbons (Fsp3) is 0.310. The average molecular weight is 528 g/mol. The van der Waals surface area contributed by atoms with Gasteiger partial charge in [-0.05, 0) is 57.4 Å². The number of aromatic nitrogens is 5. The summed E-state index contributed by atoms with van der Waals surface area (Å²) in [4.78, 5) is 24.0. The second kappa shape index (κ2) is 11.0. The number of benzene rings is 2. The standard InChI is InChI=1S/C29H33N7O3/c1-29(2,3)39-28(37)31-13-7-8-14-36-27-24(26(30)32-18-33-27)25(35-36)23-15-20-11-12-21(16-22(20)34-23)38-17-19-9-5-4-6-10-19/h4-6,9-12,15-16,18,34H,7-8,13-14,17H2,1-3H3,(H,31,37)(H2,30,32,33). The Morgan fingerprint density at radius 2 is 1.90 bits per heavy atom. The number of alkyl carbamates (subject to hydrolysis) is 1. The number of H-pyrrole nitrogens is 1. The highest BCUT2D eigenvalue weighted by atomic mass is 16.6. The molecule has 0 aliphatic carbocycles. The molecule has 0 radical (unpaired) electrons. The van der Waals surface area contributed by atoms with Crippen LogP contribution < -0.4 is 15.8 Å². The van der Waals surface area contributed by atoms with Crippen molar-refractivity contribution in [1.29, 1.82) is 0 Å². The number of nitrogens with two attached hydrogens (primary N) is 1. The fourth-order valence-electron chi connectivity index (χ4n) is 4.33. The van der Waals surface area contributed by atoms with E-state index in [1.165, 1.54) is 6.33 Å². The monoisotopic (exact) mass is 527 g/mol. The minimum Gasteiger partial charge on any atom is -0.489 e. The number of carbonyl (C=O) groups excluding carboxylic acids is 1. The van der Waals surface area contributed by atoms with Gasteiger partial charge in [0.1, 0.15) is 35.8 Å². The van der Waals surface area contributed by atoms with Gasteiger partial charge in [-0.1, -0.05) is 30.3 Å². The molecule has 4 N–H and O–H groups in total.